The highest BCUT2D eigenvalue weighted by Gasteiger charge is 2.27. The molecular formula is C23H27F2N3O3S. The van der Waals surface area contributed by atoms with E-state index >= 15 is 0 Å². The molecule has 1 aliphatic heterocycles. The summed E-state index contributed by atoms with van der Waals surface area (Å²) in [6.07, 6.45) is -1.74. The standard InChI is InChI=1S/C23H27F2N3O3S/c1-4-26-9-11-27(12-10-26)21-14-17(6-8-22(21)31-3)32(29,30)28-15-19(23(24)25)18-7-5-16(2)13-20(18)28/h5-8,13-15,23H,4,9-12H2,1-3H3. The van der Waals surface area contributed by atoms with Crippen LogP contribution < -0.4 is 9.64 Å². The van der Waals surface area contributed by atoms with Gasteiger partial charge in [0.25, 0.3) is 16.4 Å². The molecule has 2 heterocycles. The van der Waals surface area contributed by atoms with Gasteiger partial charge < -0.3 is 14.5 Å². The summed E-state index contributed by atoms with van der Waals surface area (Å²) in [5, 5.41) is 0.235. The summed E-state index contributed by atoms with van der Waals surface area (Å²) in [4.78, 5) is 4.46. The minimum atomic E-state index is -4.11. The Morgan fingerprint density at radius 3 is 2.41 bits per heavy atom. The lowest BCUT2D eigenvalue weighted by molar-refractivity contribution is 0.153. The molecule has 0 N–H and O–H groups in total. The van der Waals surface area contributed by atoms with Crippen LogP contribution in [0.15, 0.2) is 47.5 Å². The molecule has 0 aliphatic carbocycles. The van der Waals surface area contributed by atoms with Gasteiger partial charge in [0.2, 0.25) is 0 Å². The summed E-state index contributed by atoms with van der Waals surface area (Å²) in [7, 11) is -2.56. The fourth-order valence-corrected chi connectivity index (χ4v) is 5.59. The van der Waals surface area contributed by atoms with Crippen LogP contribution in [0.2, 0.25) is 0 Å². The second-order valence-corrected chi connectivity index (χ2v) is 9.78. The van der Waals surface area contributed by atoms with Gasteiger partial charge in [-0.2, -0.15) is 0 Å². The van der Waals surface area contributed by atoms with Crippen LogP contribution in [0.1, 0.15) is 24.5 Å². The number of hydrogen-bond acceptors (Lipinski definition) is 5. The molecule has 1 aromatic heterocycles. The van der Waals surface area contributed by atoms with Crippen molar-refractivity contribution < 1.29 is 21.9 Å². The molecule has 4 rings (SSSR count). The molecule has 0 spiro atoms. The van der Waals surface area contributed by atoms with Crippen LogP contribution >= 0.6 is 0 Å². The number of likely N-dealkylation sites (N-methyl/N-ethyl adjacent to an activating group) is 1. The first kappa shape index (κ1) is 22.5. The Morgan fingerprint density at radius 1 is 1.06 bits per heavy atom. The number of methoxy groups -OCH3 is 1. The van der Waals surface area contributed by atoms with Gasteiger partial charge in [-0.3, -0.25) is 0 Å². The summed E-state index contributed by atoms with van der Waals surface area (Å²) in [5.41, 5.74) is 1.42. The lowest BCUT2D eigenvalue weighted by Gasteiger charge is -2.36. The predicted molar refractivity (Wildman–Crippen MR) is 122 cm³/mol. The smallest absolute Gasteiger partial charge is 0.268 e. The first-order chi connectivity index (χ1) is 15.3. The van der Waals surface area contributed by atoms with Crippen molar-refractivity contribution in [2.24, 2.45) is 0 Å². The fourth-order valence-electron chi connectivity index (χ4n) is 4.20. The molecular weight excluding hydrogens is 436 g/mol. The Bertz CT molecular complexity index is 1230. The van der Waals surface area contributed by atoms with E-state index in [1.807, 2.05) is 0 Å². The zero-order valence-electron chi connectivity index (χ0n) is 18.4. The number of halogens is 2. The van der Waals surface area contributed by atoms with Crippen molar-refractivity contribution in [2.75, 3.05) is 44.7 Å². The molecule has 32 heavy (non-hydrogen) atoms. The summed E-state index contributed by atoms with van der Waals surface area (Å²) in [6, 6.07) is 9.53. The quantitative estimate of drug-likeness (QED) is 0.546. The third kappa shape index (κ3) is 3.95. The molecule has 0 atom stereocenters. The minimum Gasteiger partial charge on any atom is -0.495 e. The lowest BCUT2D eigenvalue weighted by atomic mass is 10.1. The molecule has 0 unspecified atom stereocenters. The normalized spacial score (nSPS) is 15.6. The van der Waals surface area contributed by atoms with Gasteiger partial charge in [0, 0.05) is 43.3 Å². The summed E-state index contributed by atoms with van der Waals surface area (Å²) >= 11 is 0. The Balaban J connectivity index is 1.81. The zero-order chi connectivity index (χ0) is 23.0. The third-order valence-electron chi connectivity index (χ3n) is 6.06. The van der Waals surface area contributed by atoms with E-state index in [9.17, 15) is 17.2 Å². The number of ether oxygens (including phenoxy) is 1. The third-order valence-corrected chi connectivity index (χ3v) is 7.73. The first-order valence-electron chi connectivity index (χ1n) is 10.6. The molecule has 0 amide bonds. The van der Waals surface area contributed by atoms with E-state index in [0.29, 0.717) is 11.4 Å². The summed E-state index contributed by atoms with van der Waals surface area (Å²) < 4.78 is 60.9. The minimum absolute atomic E-state index is 0.0328. The average Bonchev–Trinajstić information content (AvgIpc) is 3.18. The van der Waals surface area contributed by atoms with E-state index in [0.717, 1.165) is 48.5 Å². The van der Waals surface area contributed by atoms with E-state index < -0.39 is 16.4 Å². The maximum Gasteiger partial charge on any atom is 0.268 e. The Labute approximate surface area is 187 Å². The van der Waals surface area contributed by atoms with Gasteiger partial charge in [-0.25, -0.2) is 21.2 Å². The Hall–Kier alpha value is -2.65. The SMILES string of the molecule is CCN1CCN(c2cc(S(=O)(=O)n3cc(C(F)F)c4ccc(C)cc43)ccc2OC)CC1. The molecule has 172 valence electrons. The van der Waals surface area contributed by atoms with Gasteiger partial charge in [0.1, 0.15) is 5.75 Å². The number of benzene rings is 2. The highest BCUT2D eigenvalue weighted by molar-refractivity contribution is 7.90. The summed E-state index contributed by atoms with van der Waals surface area (Å²) in [5.74, 6) is 0.579. The number of aromatic nitrogens is 1. The highest BCUT2D eigenvalue weighted by Crippen LogP contribution is 2.36. The van der Waals surface area contributed by atoms with Crippen molar-refractivity contribution in [3.05, 3.63) is 53.7 Å². The Kier molecular flexibility index (Phi) is 6.13. The average molecular weight is 464 g/mol. The number of alkyl halides is 2. The lowest BCUT2D eigenvalue weighted by Crippen LogP contribution is -2.46. The molecule has 0 radical (unpaired) electrons. The highest BCUT2D eigenvalue weighted by atomic mass is 32.2. The Morgan fingerprint density at radius 2 is 1.78 bits per heavy atom. The predicted octanol–water partition coefficient (Wildman–Crippen LogP) is 4.27. The van der Waals surface area contributed by atoms with Gasteiger partial charge in [-0.1, -0.05) is 19.1 Å². The molecule has 9 heteroatoms. The van der Waals surface area contributed by atoms with Gasteiger partial charge >= 0.3 is 0 Å². The fraction of sp³-hybridized carbons (Fsp3) is 0.391. The molecule has 1 fully saturated rings. The molecule has 1 saturated heterocycles. The number of piperazine rings is 1. The van der Waals surface area contributed by atoms with Crippen LogP contribution in [0, 0.1) is 6.92 Å². The number of aryl methyl sites for hydroxylation is 1. The molecule has 6 nitrogen and oxygen atoms in total. The van der Waals surface area contributed by atoms with Crippen LogP contribution in [0.3, 0.4) is 0 Å². The zero-order valence-corrected chi connectivity index (χ0v) is 19.2. The van der Waals surface area contributed by atoms with E-state index in [4.69, 9.17) is 4.74 Å². The number of anilines is 1. The van der Waals surface area contributed by atoms with Crippen molar-refractivity contribution >= 4 is 26.6 Å². The number of fused-ring (bicyclic) bond motifs is 1. The van der Waals surface area contributed by atoms with Crippen LogP contribution in [-0.2, 0) is 10.0 Å². The van der Waals surface area contributed by atoms with Gasteiger partial charge in [0.15, 0.2) is 0 Å². The number of rotatable bonds is 6. The van der Waals surface area contributed by atoms with Crippen molar-refractivity contribution in [1.29, 1.82) is 0 Å². The largest absolute Gasteiger partial charge is 0.495 e. The van der Waals surface area contributed by atoms with Crippen LogP contribution in [-0.4, -0.2) is 57.1 Å². The van der Waals surface area contributed by atoms with Crippen molar-refractivity contribution in [3.63, 3.8) is 0 Å². The van der Waals surface area contributed by atoms with Crippen molar-refractivity contribution in [2.45, 2.75) is 25.2 Å². The maximum atomic E-state index is 13.6. The second-order valence-electron chi connectivity index (χ2n) is 7.96. The first-order valence-corrected chi connectivity index (χ1v) is 12.0. The van der Waals surface area contributed by atoms with E-state index in [-0.39, 0.29) is 21.4 Å². The maximum absolute atomic E-state index is 13.6. The van der Waals surface area contributed by atoms with Crippen molar-refractivity contribution in [1.82, 2.24) is 8.87 Å². The molecule has 2 aromatic carbocycles. The van der Waals surface area contributed by atoms with E-state index in [1.165, 1.54) is 6.07 Å². The van der Waals surface area contributed by atoms with Crippen LogP contribution in [0.4, 0.5) is 14.5 Å². The van der Waals surface area contributed by atoms with E-state index in [1.54, 1.807) is 44.4 Å². The number of hydrogen-bond donors (Lipinski definition) is 0. The topological polar surface area (TPSA) is 54.8 Å². The molecule has 1 aliphatic rings. The molecule has 0 saturated carbocycles. The monoisotopic (exact) mass is 463 g/mol. The van der Waals surface area contributed by atoms with Crippen molar-refractivity contribution in [3.8, 4) is 5.75 Å². The van der Waals surface area contributed by atoms with Gasteiger partial charge in [-0.15, -0.1) is 0 Å². The second kappa shape index (κ2) is 8.71. The summed E-state index contributed by atoms with van der Waals surface area (Å²) in [6.45, 7) is 8.11. The van der Waals surface area contributed by atoms with E-state index in [2.05, 4.69) is 16.7 Å². The molecule has 0 bridgehead atoms. The van der Waals surface area contributed by atoms with Gasteiger partial charge in [0.05, 0.1) is 23.2 Å². The van der Waals surface area contributed by atoms with Crippen LogP contribution in [0.5, 0.6) is 5.75 Å². The number of nitrogens with zero attached hydrogens (tertiary/aromatic N) is 3. The molecule has 3 aromatic rings. The van der Waals surface area contributed by atoms with Gasteiger partial charge in [-0.05, 0) is 43.3 Å². The van der Waals surface area contributed by atoms with Crippen LogP contribution in [0.25, 0.3) is 10.9 Å².